The maximum absolute atomic E-state index is 12.4. The monoisotopic (exact) mass is 278 g/mol. The van der Waals surface area contributed by atoms with Gasteiger partial charge in [0, 0.05) is 13.2 Å². The van der Waals surface area contributed by atoms with Crippen LogP contribution in [0.15, 0.2) is 21.9 Å². The summed E-state index contributed by atoms with van der Waals surface area (Å²) in [5.41, 5.74) is 3.97. The lowest BCUT2D eigenvalue weighted by molar-refractivity contribution is -0.118. The first kappa shape index (κ1) is 13.8. The molecule has 0 radical (unpaired) electrons. The van der Waals surface area contributed by atoms with Crippen LogP contribution < -0.4 is 21.7 Å². The Morgan fingerprint density at radius 2 is 2.15 bits per heavy atom. The fourth-order valence-corrected chi connectivity index (χ4v) is 1.95. The highest BCUT2D eigenvalue weighted by Gasteiger charge is 2.16. The molecule has 2 heterocycles. The summed E-state index contributed by atoms with van der Waals surface area (Å²) in [6, 6.07) is 1.53. The van der Waals surface area contributed by atoms with Gasteiger partial charge >= 0.3 is 5.69 Å². The van der Waals surface area contributed by atoms with Crippen molar-refractivity contribution >= 4 is 16.9 Å². The third-order valence-corrected chi connectivity index (χ3v) is 2.80. The van der Waals surface area contributed by atoms with Crippen LogP contribution in [0.4, 0.5) is 0 Å². The molecule has 0 saturated carbocycles. The van der Waals surface area contributed by atoms with E-state index in [-0.39, 0.29) is 11.0 Å². The van der Waals surface area contributed by atoms with Crippen molar-refractivity contribution in [2.24, 2.45) is 12.8 Å². The van der Waals surface area contributed by atoms with Crippen LogP contribution in [-0.4, -0.2) is 26.6 Å². The SMILES string of the molecule is CCOc1ccnc2c1c(=O)n(CC(N)=O)c(=O)n2C. The van der Waals surface area contributed by atoms with Crippen LogP contribution in [-0.2, 0) is 18.4 Å². The minimum Gasteiger partial charge on any atom is -0.493 e. The summed E-state index contributed by atoms with van der Waals surface area (Å²) < 4.78 is 7.33. The van der Waals surface area contributed by atoms with Gasteiger partial charge < -0.3 is 10.5 Å². The second-order valence-corrected chi connectivity index (χ2v) is 4.14. The number of fused-ring (bicyclic) bond motifs is 1. The number of primary amides is 1. The van der Waals surface area contributed by atoms with Crippen LogP contribution in [0.3, 0.4) is 0 Å². The Hall–Kier alpha value is -2.64. The van der Waals surface area contributed by atoms with Crippen molar-refractivity contribution in [2.45, 2.75) is 13.5 Å². The number of ether oxygens (including phenoxy) is 1. The Morgan fingerprint density at radius 1 is 1.45 bits per heavy atom. The molecule has 106 valence electrons. The molecule has 1 amide bonds. The molecule has 2 aromatic rings. The Kier molecular flexibility index (Phi) is 3.55. The van der Waals surface area contributed by atoms with Gasteiger partial charge in [-0.15, -0.1) is 0 Å². The van der Waals surface area contributed by atoms with Gasteiger partial charge in [0.15, 0.2) is 5.65 Å². The second-order valence-electron chi connectivity index (χ2n) is 4.14. The molecule has 8 nitrogen and oxygen atoms in total. The molecule has 0 unspecified atom stereocenters. The maximum atomic E-state index is 12.4. The number of nitrogens with two attached hydrogens (primary N) is 1. The normalized spacial score (nSPS) is 10.7. The minimum atomic E-state index is -0.773. The van der Waals surface area contributed by atoms with Crippen LogP contribution in [0.5, 0.6) is 5.75 Å². The number of nitrogens with zero attached hydrogens (tertiary/aromatic N) is 3. The van der Waals surface area contributed by atoms with E-state index in [1.165, 1.54) is 23.9 Å². The molecule has 20 heavy (non-hydrogen) atoms. The summed E-state index contributed by atoms with van der Waals surface area (Å²) >= 11 is 0. The third-order valence-electron chi connectivity index (χ3n) is 2.80. The van der Waals surface area contributed by atoms with E-state index >= 15 is 0 Å². The van der Waals surface area contributed by atoms with Gasteiger partial charge in [0.1, 0.15) is 17.7 Å². The van der Waals surface area contributed by atoms with Crippen molar-refractivity contribution in [3.8, 4) is 5.75 Å². The number of aryl methyl sites for hydroxylation is 1. The molecule has 0 aliphatic heterocycles. The smallest absolute Gasteiger partial charge is 0.332 e. The third kappa shape index (κ3) is 2.15. The van der Waals surface area contributed by atoms with E-state index < -0.39 is 23.7 Å². The number of rotatable bonds is 4. The van der Waals surface area contributed by atoms with Gasteiger partial charge in [-0.1, -0.05) is 0 Å². The molecule has 0 spiro atoms. The Balaban J connectivity index is 2.91. The highest BCUT2D eigenvalue weighted by molar-refractivity contribution is 5.81. The van der Waals surface area contributed by atoms with E-state index in [1.807, 2.05) is 0 Å². The number of pyridine rings is 1. The van der Waals surface area contributed by atoms with Crippen molar-refractivity contribution in [3.63, 3.8) is 0 Å². The van der Waals surface area contributed by atoms with Crippen LogP contribution >= 0.6 is 0 Å². The summed E-state index contributed by atoms with van der Waals surface area (Å²) in [7, 11) is 1.46. The first-order valence-electron chi connectivity index (χ1n) is 5.97. The zero-order valence-corrected chi connectivity index (χ0v) is 11.1. The minimum absolute atomic E-state index is 0.151. The number of hydrogen-bond acceptors (Lipinski definition) is 5. The van der Waals surface area contributed by atoms with E-state index in [0.717, 1.165) is 4.57 Å². The van der Waals surface area contributed by atoms with Gasteiger partial charge in [-0.3, -0.25) is 14.2 Å². The number of amides is 1. The molecule has 0 aliphatic carbocycles. The van der Waals surface area contributed by atoms with Gasteiger partial charge in [-0.2, -0.15) is 0 Å². The van der Waals surface area contributed by atoms with Crippen molar-refractivity contribution < 1.29 is 9.53 Å². The highest BCUT2D eigenvalue weighted by Crippen LogP contribution is 2.18. The molecule has 0 bridgehead atoms. The summed E-state index contributed by atoms with van der Waals surface area (Å²) in [6.07, 6.45) is 1.45. The van der Waals surface area contributed by atoms with E-state index in [2.05, 4.69) is 4.98 Å². The number of carbonyl (C=O) groups excluding carboxylic acids is 1. The molecule has 0 atom stereocenters. The number of aromatic nitrogens is 3. The maximum Gasteiger partial charge on any atom is 0.332 e. The van der Waals surface area contributed by atoms with Crippen molar-refractivity contribution in [1.82, 2.24) is 14.1 Å². The molecule has 8 heteroatoms. The van der Waals surface area contributed by atoms with Crippen LogP contribution in [0.1, 0.15) is 6.92 Å². The Labute approximate surface area is 113 Å². The molecular formula is C12H14N4O4. The van der Waals surface area contributed by atoms with Crippen molar-refractivity contribution in [2.75, 3.05) is 6.61 Å². The van der Waals surface area contributed by atoms with E-state index in [0.29, 0.717) is 12.4 Å². The van der Waals surface area contributed by atoms with Gasteiger partial charge in [-0.05, 0) is 13.0 Å². The highest BCUT2D eigenvalue weighted by atomic mass is 16.5. The predicted molar refractivity (Wildman–Crippen MR) is 71.6 cm³/mol. The summed E-state index contributed by atoms with van der Waals surface area (Å²) in [4.78, 5) is 39.4. The van der Waals surface area contributed by atoms with E-state index in [9.17, 15) is 14.4 Å². The van der Waals surface area contributed by atoms with Gasteiger partial charge in [0.05, 0.1) is 6.61 Å². The first-order chi connectivity index (χ1) is 9.47. The molecule has 2 aromatic heterocycles. The Bertz CT molecular complexity index is 790. The lowest BCUT2D eigenvalue weighted by Crippen LogP contribution is -2.42. The van der Waals surface area contributed by atoms with Crippen LogP contribution in [0, 0.1) is 0 Å². The van der Waals surface area contributed by atoms with Crippen LogP contribution in [0.25, 0.3) is 11.0 Å². The predicted octanol–water partition coefficient (Wildman–Crippen LogP) is -1.02. The average Bonchev–Trinajstić information content (AvgIpc) is 2.41. The second kappa shape index (κ2) is 5.16. The topological polar surface area (TPSA) is 109 Å². The first-order valence-corrected chi connectivity index (χ1v) is 5.97. The standard InChI is InChI=1S/C12H14N4O4/c1-3-20-7-4-5-14-10-9(7)11(18)16(6-8(13)17)12(19)15(10)2/h4-5H,3,6H2,1-2H3,(H2,13,17). The zero-order chi connectivity index (χ0) is 14.9. The quantitative estimate of drug-likeness (QED) is 0.769. The number of hydrogen-bond donors (Lipinski definition) is 1. The summed E-state index contributed by atoms with van der Waals surface area (Å²) in [5, 5.41) is 0.151. The van der Waals surface area contributed by atoms with E-state index in [4.69, 9.17) is 10.5 Å². The van der Waals surface area contributed by atoms with Gasteiger partial charge in [0.2, 0.25) is 5.91 Å². The zero-order valence-electron chi connectivity index (χ0n) is 11.1. The molecular weight excluding hydrogens is 264 g/mol. The largest absolute Gasteiger partial charge is 0.493 e. The molecule has 0 aromatic carbocycles. The Morgan fingerprint density at radius 3 is 2.75 bits per heavy atom. The lowest BCUT2D eigenvalue weighted by atomic mass is 10.3. The summed E-state index contributed by atoms with van der Waals surface area (Å²) in [5.74, 6) is -0.457. The summed E-state index contributed by atoms with van der Waals surface area (Å²) in [6.45, 7) is 1.65. The van der Waals surface area contributed by atoms with Gasteiger partial charge in [-0.25, -0.2) is 14.3 Å². The molecule has 0 saturated heterocycles. The molecule has 0 fully saturated rings. The average molecular weight is 278 g/mol. The number of carbonyl (C=O) groups is 1. The van der Waals surface area contributed by atoms with Crippen molar-refractivity contribution in [3.05, 3.63) is 33.1 Å². The van der Waals surface area contributed by atoms with Crippen molar-refractivity contribution in [1.29, 1.82) is 0 Å². The van der Waals surface area contributed by atoms with Crippen LogP contribution in [0.2, 0.25) is 0 Å². The van der Waals surface area contributed by atoms with Gasteiger partial charge in [0.25, 0.3) is 5.56 Å². The lowest BCUT2D eigenvalue weighted by Gasteiger charge is -2.11. The fraction of sp³-hybridized carbons (Fsp3) is 0.333. The molecule has 2 rings (SSSR count). The molecule has 0 aliphatic rings. The fourth-order valence-electron chi connectivity index (χ4n) is 1.95. The molecule has 2 N–H and O–H groups in total. The van der Waals surface area contributed by atoms with E-state index in [1.54, 1.807) is 6.92 Å².